The average molecular weight is 487 g/mol. The summed E-state index contributed by atoms with van der Waals surface area (Å²) in [6.45, 7) is 5.16. The molecular formula is C25H34N4O4S. The summed E-state index contributed by atoms with van der Waals surface area (Å²) in [5.74, 6) is 0.929. The van der Waals surface area contributed by atoms with Gasteiger partial charge in [0.05, 0.1) is 18.4 Å². The Morgan fingerprint density at radius 1 is 0.971 bits per heavy atom. The molecule has 184 valence electrons. The fraction of sp³-hybridized carbons (Fsp3) is 0.480. The SMILES string of the molecule is COc1ccc(N2CCN(C)CC2)c2c1CCN(C(=O)Cc1ccc(S(=O)(=O)N(C)C)cc1)C2. The molecule has 9 heteroatoms. The van der Waals surface area contributed by atoms with Crippen LogP contribution in [-0.4, -0.2) is 89.4 Å². The zero-order chi connectivity index (χ0) is 24.5. The van der Waals surface area contributed by atoms with Crippen molar-refractivity contribution in [3.05, 3.63) is 53.1 Å². The number of piperazine rings is 1. The van der Waals surface area contributed by atoms with Gasteiger partial charge >= 0.3 is 0 Å². The Balaban J connectivity index is 1.51. The first-order valence-electron chi connectivity index (χ1n) is 11.6. The number of benzene rings is 2. The number of ether oxygens (including phenoxy) is 1. The largest absolute Gasteiger partial charge is 0.496 e. The Labute approximate surface area is 202 Å². The molecule has 0 spiro atoms. The van der Waals surface area contributed by atoms with E-state index in [1.165, 1.54) is 35.2 Å². The van der Waals surface area contributed by atoms with E-state index in [-0.39, 0.29) is 17.2 Å². The summed E-state index contributed by atoms with van der Waals surface area (Å²) in [5.41, 5.74) is 4.37. The van der Waals surface area contributed by atoms with Crippen molar-refractivity contribution in [2.45, 2.75) is 24.3 Å². The molecule has 4 rings (SSSR count). The van der Waals surface area contributed by atoms with Gasteiger partial charge in [0.25, 0.3) is 0 Å². The maximum Gasteiger partial charge on any atom is 0.242 e. The Morgan fingerprint density at radius 3 is 2.26 bits per heavy atom. The van der Waals surface area contributed by atoms with Gasteiger partial charge in [0.1, 0.15) is 5.75 Å². The first kappa shape index (κ1) is 24.5. The van der Waals surface area contributed by atoms with Crippen molar-refractivity contribution >= 4 is 21.6 Å². The number of sulfonamides is 1. The molecule has 34 heavy (non-hydrogen) atoms. The average Bonchev–Trinajstić information content (AvgIpc) is 2.83. The van der Waals surface area contributed by atoms with Gasteiger partial charge in [-0.05, 0) is 43.3 Å². The van der Waals surface area contributed by atoms with Crippen molar-refractivity contribution in [3.63, 3.8) is 0 Å². The molecule has 0 bridgehead atoms. The van der Waals surface area contributed by atoms with Crippen LogP contribution >= 0.6 is 0 Å². The van der Waals surface area contributed by atoms with Crippen LogP contribution < -0.4 is 9.64 Å². The number of fused-ring (bicyclic) bond motifs is 1. The zero-order valence-corrected chi connectivity index (χ0v) is 21.3. The molecule has 1 amide bonds. The van der Waals surface area contributed by atoms with E-state index in [1.807, 2.05) is 11.0 Å². The van der Waals surface area contributed by atoms with Gasteiger partial charge in [-0.1, -0.05) is 12.1 Å². The third kappa shape index (κ3) is 4.92. The number of anilines is 1. The topological polar surface area (TPSA) is 73.4 Å². The van der Waals surface area contributed by atoms with Gasteiger partial charge in [-0.2, -0.15) is 0 Å². The monoisotopic (exact) mass is 486 g/mol. The van der Waals surface area contributed by atoms with Crippen LogP contribution in [0.3, 0.4) is 0 Å². The van der Waals surface area contributed by atoms with Crippen LogP contribution in [0.4, 0.5) is 5.69 Å². The lowest BCUT2D eigenvalue weighted by Gasteiger charge is -2.38. The Hall–Kier alpha value is -2.62. The van der Waals surface area contributed by atoms with Gasteiger partial charge in [0.15, 0.2) is 0 Å². The lowest BCUT2D eigenvalue weighted by Crippen LogP contribution is -2.45. The van der Waals surface area contributed by atoms with Crippen molar-refractivity contribution in [3.8, 4) is 5.75 Å². The molecule has 0 unspecified atom stereocenters. The standard InChI is InChI=1S/C25H34N4O4S/c1-26(2)34(31,32)20-7-5-19(6-8-20)17-25(30)29-12-11-21-22(18-29)23(9-10-24(21)33-4)28-15-13-27(3)14-16-28/h5-10H,11-18H2,1-4H3. The van der Waals surface area contributed by atoms with E-state index in [0.717, 1.165) is 43.9 Å². The Kier molecular flexibility index (Phi) is 7.16. The molecule has 0 atom stereocenters. The smallest absolute Gasteiger partial charge is 0.242 e. The molecule has 2 aliphatic rings. The van der Waals surface area contributed by atoms with E-state index < -0.39 is 10.0 Å². The van der Waals surface area contributed by atoms with Gasteiger partial charge in [0, 0.05) is 70.2 Å². The number of carbonyl (C=O) groups is 1. The van der Waals surface area contributed by atoms with E-state index in [1.54, 1.807) is 31.4 Å². The highest BCUT2D eigenvalue weighted by Crippen LogP contribution is 2.36. The maximum absolute atomic E-state index is 13.2. The molecule has 0 N–H and O–H groups in total. The lowest BCUT2D eigenvalue weighted by molar-refractivity contribution is -0.131. The molecule has 0 aromatic heterocycles. The van der Waals surface area contributed by atoms with Crippen molar-refractivity contribution in [2.75, 3.05) is 65.9 Å². The van der Waals surface area contributed by atoms with Crippen LogP contribution in [0.25, 0.3) is 0 Å². The summed E-state index contributed by atoms with van der Waals surface area (Å²) in [4.78, 5) is 20.1. The molecule has 1 saturated heterocycles. The normalized spacial score (nSPS) is 17.1. The number of methoxy groups -OCH3 is 1. The van der Waals surface area contributed by atoms with Gasteiger partial charge in [0.2, 0.25) is 15.9 Å². The summed E-state index contributed by atoms with van der Waals surface area (Å²) in [5, 5.41) is 0. The van der Waals surface area contributed by atoms with Crippen molar-refractivity contribution in [2.24, 2.45) is 0 Å². The summed E-state index contributed by atoms with van der Waals surface area (Å²) < 4.78 is 31.4. The number of nitrogens with zero attached hydrogens (tertiary/aromatic N) is 4. The number of hydrogen-bond acceptors (Lipinski definition) is 6. The van der Waals surface area contributed by atoms with E-state index in [9.17, 15) is 13.2 Å². The minimum atomic E-state index is -3.48. The minimum absolute atomic E-state index is 0.0426. The molecular weight excluding hydrogens is 452 g/mol. The summed E-state index contributed by atoms with van der Waals surface area (Å²) in [6.07, 6.45) is 0.997. The van der Waals surface area contributed by atoms with Crippen LogP contribution in [0.1, 0.15) is 16.7 Å². The molecule has 2 aromatic carbocycles. The Bertz CT molecular complexity index is 1140. The molecule has 0 aliphatic carbocycles. The van der Waals surface area contributed by atoms with Gasteiger partial charge in [-0.15, -0.1) is 0 Å². The third-order valence-corrected chi connectivity index (χ3v) is 8.65. The zero-order valence-electron chi connectivity index (χ0n) is 20.5. The summed E-state index contributed by atoms with van der Waals surface area (Å²) >= 11 is 0. The highest BCUT2D eigenvalue weighted by Gasteiger charge is 2.28. The van der Waals surface area contributed by atoms with E-state index in [4.69, 9.17) is 4.74 Å². The van der Waals surface area contributed by atoms with Crippen LogP contribution in [-0.2, 0) is 34.2 Å². The molecule has 1 fully saturated rings. The summed E-state index contributed by atoms with van der Waals surface area (Å²) in [6, 6.07) is 10.8. The number of carbonyl (C=O) groups excluding carboxylic acids is 1. The van der Waals surface area contributed by atoms with Crippen molar-refractivity contribution in [1.29, 1.82) is 0 Å². The van der Waals surface area contributed by atoms with Crippen molar-refractivity contribution in [1.82, 2.24) is 14.1 Å². The molecule has 2 aliphatic heterocycles. The van der Waals surface area contributed by atoms with Crippen molar-refractivity contribution < 1.29 is 17.9 Å². The number of likely N-dealkylation sites (N-methyl/N-ethyl adjacent to an activating group) is 1. The fourth-order valence-electron chi connectivity index (χ4n) is 4.65. The second-order valence-electron chi connectivity index (χ2n) is 9.21. The number of hydrogen-bond donors (Lipinski definition) is 0. The van der Waals surface area contributed by atoms with Gasteiger partial charge in [-0.3, -0.25) is 4.79 Å². The molecule has 2 aromatic rings. The van der Waals surface area contributed by atoms with Crippen LogP contribution in [0, 0.1) is 0 Å². The minimum Gasteiger partial charge on any atom is -0.496 e. The molecule has 0 saturated carbocycles. The van der Waals surface area contributed by atoms with Crippen LogP contribution in [0.15, 0.2) is 41.3 Å². The predicted octanol–water partition coefficient (Wildman–Crippen LogP) is 1.82. The number of rotatable bonds is 6. The van der Waals surface area contributed by atoms with E-state index in [2.05, 4.69) is 22.9 Å². The fourth-order valence-corrected chi connectivity index (χ4v) is 5.55. The van der Waals surface area contributed by atoms with E-state index in [0.29, 0.717) is 13.1 Å². The third-order valence-electron chi connectivity index (χ3n) is 6.82. The number of amides is 1. The van der Waals surface area contributed by atoms with Crippen LogP contribution in [0.5, 0.6) is 5.75 Å². The highest BCUT2D eigenvalue weighted by atomic mass is 32.2. The predicted molar refractivity (Wildman–Crippen MR) is 133 cm³/mol. The maximum atomic E-state index is 13.2. The van der Waals surface area contributed by atoms with Gasteiger partial charge < -0.3 is 19.4 Å². The van der Waals surface area contributed by atoms with E-state index >= 15 is 0 Å². The van der Waals surface area contributed by atoms with Crippen LogP contribution in [0.2, 0.25) is 0 Å². The molecule has 2 heterocycles. The second-order valence-corrected chi connectivity index (χ2v) is 11.4. The molecule has 0 radical (unpaired) electrons. The summed E-state index contributed by atoms with van der Waals surface area (Å²) in [7, 11) is 3.37. The first-order chi connectivity index (χ1) is 16.2. The highest BCUT2D eigenvalue weighted by molar-refractivity contribution is 7.89. The van der Waals surface area contributed by atoms with Gasteiger partial charge in [-0.25, -0.2) is 12.7 Å². The first-order valence-corrected chi connectivity index (χ1v) is 13.1. The Morgan fingerprint density at radius 2 is 1.65 bits per heavy atom. The second kappa shape index (κ2) is 9.93. The lowest BCUT2D eigenvalue weighted by atomic mass is 9.95. The quantitative estimate of drug-likeness (QED) is 0.620. The molecule has 8 nitrogen and oxygen atoms in total.